The number of piperidine rings is 1. The fourth-order valence-corrected chi connectivity index (χ4v) is 7.38. The Balaban J connectivity index is 1.63. The summed E-state index contributed by atoms with van der Waals surface area (Å²) in [6, 6.07) is 16.2. The van der Waals surface area contributed by atoms with Crippen molar-refractivity contribution in [3.05, 3.63) is 65.7 Å². The lowest BCUT2D eigenvalue weighted by Gasteiger charge is -2.39. The van der Waals surface area contributed by atoms with Gasteiger partial charge in [-0.2, -0.15) is 4.31 Å². The van der Waals surface area contributed by atoms with Crippen LogP contribution in [-0.4, -0.2) is 69.6 Å². The summed E-state index contributed by atoms with van der Waals surface area (Å²) >= 11 is 0. The molecular weight excluding hydrogens is 462 g/mol. The zero-order chi connectivity index (χ0) is 23.6. The van der Waals surface area contributed by atoms with Gasteiger partial charge in [-0.3, -0.25) is 4.79 Å². The van der Waals surface area contributed by atoms with E-state index in [4.69, 9.17) is 5.73 Å². The smallest absolute Gasteiger partial charge is 0.243 e. The summed E-state index contributed by atoms with van der Waals surface area (Å²) in [4.78, 5) is 15.1. The Morgan fingerprint density at radius 3 is 2.36 bits per heavy atom. The van der Waals surface area contributed by atoms with Gasteiger partial charge in [-0.25, -0.2) is 16.8 Å². The molecule has 0 saturated carbocycles. The lowest BCUT2D eigenvalue weighted by Crippen LogP contribution is -2.52. The molecule has 1 amide bonds. The van der Waals surface area contributed by atoms with E-state index in [1.54, 1.807) is 29.2 Å². The van der Waals surface area contributed by atoms with Gasteiger partial charge in [0.15, 0.2) is 9.84 Å². The summed E-state index contributed by atoms with van der Waals surface area (Å²) in [5.41, 5.74) is 7.40. The van der Waals surface area contributed by atoms with Crippen LogP contribution in [0.5, 0.6) is 0 Å². The van der Waals surface area contributed by atoms with Crippen LogP contribution in [0.15, 0.2) is 59.5 Å². The minimum Gasteiger partial charge on any atom is -0.340 e. The van der Waals surface area contributed by atoms with Gasteiger partial charge in [-0.15, -0.1) is 0 Å². The number of sulfone groups is 1. The number of rotatable bonds is 5. The van der Waals surface area contributed by atoms with Crippen molar-refractivity contribution in [2.24, 2.45) is 11.7 Å². The molecule has 178 valence electrons. The molecule has 4 rings (SSSR count). The molecule has 2 aromatic carbocycles. The van der Waals surface area contributed by atoms with Gasteiger partial charge in [0, 0.05) is 32.7 Å². The highest BCUT2D eigenvalue weighted by atomic mass is 32.2. The first kappa shape index (κ1) is 23.9. The summed E-state index contributed by atoms with van der Waals surface area (Å²) in [6.07, 6.45) is 0.515. The van der Waals surface area contributed by atoms with Gasteiger partial charge in [0.2, 0.25) is 15.9 Å². The second-order valence-electron chi connectivity index (χ2n) is 8.69. The lowest BCUT2D eigenvalue weighted by molar-refractivity contribution is -0.136. The van der Waals surface area contributed by atoms with E-state index in [-0.39, 0.29) is 61.0 Å². The first-order valence-corrected chi connectivity index (χ1v) is 14.3. The topological polar surface area (TPSA) is 118 Å². The predicted molar refractivity (Wildman–Crippen MR) is 126 cm³/mol. The molecule has 0 spiro atoms. The van der Waals surface area contributed by atoms with Crippen LogP contribution < -0.4 is 5.73 Å². The van der Waals surface area contributed by atoms with E-state index in [0.717, 1.165) is 11.1 Å². The number of hydrogen-bond donors (Lipinski definition) is 1. The van der Waals surface area contributed by atoms with E-state index >= 15 is 0 Å². The molecule has 2 aromatic rings. The van der Waals surface area contributed by atoms with Gasteiger partial charge in [0.25, 0.3) is 0 Å². The van der Waals surface area contributed by atoms with Crippen molar-refractivity contribution in [3.63, 3.8) is 0 Å². The number of benzene rings is 2. The van der Waals surface area contributed by atoms with Crippen LogP contribution in [0.2, 0.25) is 0 Å². The van der Waals surface area contributed by atoms with Crippen LogP contribution in [0.3, 0.4) is 0 Å². The normalized spacial score (nSPS) is 23.8. The third kappa shape index (κ3) is 5.29. The van der Waals surface area contributed by atoms with E-state index in [0.29, 0.717) is 6.42 Å². The van der Waals surface area contributed by atoms with E-state index < -0.39 is 25.8 Å². The molecule has 2 heterocycles. The second-order valence-corrected chi connectivity index (χ2v) is 12.9. The first-order valence-electron chi connectivity index (χ1n) is 11.0. The molecule has 2 aliphatic heterocycles. The zero-order valence-corrected chi connectivity index (χ0v) is 20.0. The van der Waals surface area contributed by atoms with Crippen molar-refractivity contribution >= 4 is 25.8 Å². The largest absolute Gasteiger partial charge is 0.340 e. The number of carbonyl (C=O) groups excluding carboxylic acids is 1. The van der Waals surface area contributed by atoms with Crippen LogP contribution in [0.25, 0.3) is 0 Å². The molecule has 8 nitrogen and oxygen atoms in total. The van der Waals surface area contributed by atoms with Crippen molar-refractivity contribution in [2.75, 3.05) is 37.7 Å². The number of nitrogens with zero attached hydrogens (tertiary/aromatic N) is 2. The molecule has 10 heteroatoms. The summed E-state index contributed by atoms with van der Waals surface area (Å²) in [5, 5.41) is 0. The molecule has 0 unspecified atom stereocenters. The quantitative estimate of drug-likeness (QED) is 0.672. The molecular formula is C23H29N3O5S2. The van der Waals surface area contributed by atoms with Crippen LogP contribution >= 0.6 is 0 Å². The summed E-state index contributed by atoms with van der Waals surface area (Å²) in [6.45, 7) is 0.880. The maximum atomic E-state index is 13.5. The summed E-state index contributed by atoms with van der Waals surface area (Å²) in [7, 11) is -6.96. The number of sulfonamides is 1. The Bertz CT molecular complexity index is 1200. The summed E-state index contributed by atoms with van der Waals surface area (Å²) < 4.78 is 52.1. The Labute approximate surface area is 195 Å². The van der Waals surface area contributed by atoms with Gasteiger partial charge < -0.3 is 10.6 Å². The highest BCUT2D eigenvalue weighted by molar-refractivity contribution is 7.91. The van der Waals surface area contributed by atoms with Gasteiger partial charge in [0.1, 0.15) is 0 Å². The minimum atomic E-state index is -3.84. The van der Waals surface area contributed by atoms with E-state index in [9.17, 15) is 21.6 Å². The van der Waals surface area contributed by atoms with Gasteiger partial charge >= 0.3 is 0 Å². The van der Waals surface area contributed by atoms with Crippen LogP contribution in [0.1, 0.15) is 23.5 Å². The van der Waals surface area contributed by atoms with Crippen molar-refractivity contribution in [1.29, 1.82) is 0 Å². The zero-order valence-electron chi connectivity index (χ0n) is 18.3. The molecule has 2 N–H and O–H groups in total. The van der Waals surface area contributed by atoms with Crippen molar-refractivity contribution in [1.82, 2.24) is 9.21 Å². The Morgan fingerprint density at radius 1 is 1.00 bits per heavy atom. The fraction of sp³-hybridized carbons (Fsp3) is 0.435. The Hall–Kier alpha value is -2.27. The maximum absolute atomic E-state index is 13.5. The van der Waals surface area contributed by atoms with Crippen LogP contribution in [0, 0.1) is 5.92 Å². The fourth-order valence-electron chi connectivity index (χ4n) is 4.57. The molecule has 33 heavy (non-hydrogen) atoms. The highest BCUT2D eigenvalue weighted by Gasteiger charge is 2.40. The molecule has 2 aliphatic rings. The Morgan fingerprint density at radius 2 is 1.70 bits per heavy atom. The van der Waals surface area contributed by atoms with Crippen molar-refractivity contribution < 1.29 is 21.6 Å². The molecule has 2 atom stereocenters. The van der Waals surface area contributed by atoms with Crippen molar-refractivity contribution in [3.8, 4) is 0 Å². The molecule has 0 aromatic heterocycles. The number of nitrogens with two attached hydrogens (primary N) is 1. The van der Waals surface area contributed by atoms with Gasteiger partial charge in [0.05, 0.1) is 22.3 Å². The predicted octanol–water partition coefficient (Wildman–Crippen LogP) is 1.20. The first-order chi connectivity index (χ1) is 15.7. The molecule has 0 bridgehead atoms. The molecule has 2 fully saturated rings. The second kappa shape index (κ2) is 9.54. The number of hydrogen-bond acceptors (Lipinski definition) is 6. The van der Waals surface area contributed by atoms with E-state index in [1.165, 1.54) is 4.31 Å². The standard InChI is InChI=1S/C23H29N3O5S2/c24-15-18-5-4-8-22(13-18)33(30,31)26-16-20(19-6-2-1-3-7-19)14-21(17-26)23(27)25-9-11-32(28,29)12-10-25/h1-8,13,20-21H,9-12,14-17,24H2/t20-,21-/m0/s1. The van der Waals surface area contributed by atoms with Gasteiger partial charge in [-0.1, -0.05) is 42.5 Å². The number of amides is 1. The van der Waals surface area contributed by atoms with Crippen molar-refractivity contribution in [2.45, 2.75) is 23.8 Å². The SMILES string of the molecule is NCc1cccc(S(=O)(=O)N2C[C@@H](C(=O)N3CCS(=O)(=O)CC3)C[C@H](c3ccccc3)C2)c1. The summed E-state index contributed by atoms with van der Waals surface area (Å²) in [5.74, 6) is -0.975. The van der Waals surface area contributed by atoms with E-state index in [1.807, 2.05) is 30.3 Å². The third-order valence-electron chi connectivity index (χ3n) is 6.47. The lowest BCUT2D eigenvalue weighted by atomic mass is 9.85. The third-order valence-corrected chi connectivity index (χ3v) is 9.90. The van der Waals surface area contributed by atoms with Crippen LogP contribution in [0.4, 0.5) is 0 Å². The highest BCUT2D eigenvalue weighted by Crippen LogP contribution is 2.34. The minimum absolute atomic E-state index is 0.0541. The molecule has 0 radical (unpaired) electrons. The molecule has 2 saturated heterocycles. The van der Waals surface area contributed by atoms with E-state index in [2.05, 4.69) is 0 Å². The average molecular weight is 492 g/mol. The maximum Gasteiger partial charge on any atom is 0.243 e. The van der Waals surface area contributed by atoms with Crippen LogP contribution in [-0.2, 0) is 31.2 Å². The van der Waals surface area contributed by atoms with Gasteiger partial charge in [-0.05, 0) is 35.6 Å². The average Bonchev–Trinajstić information content (AvgIpc) is 2.84. The monoisotopic (exact) mass is 491 g/mol. The Kier molecular flexibility index (Phi) is 6.90. The molecule has 0 aliphatic carbocycles. The number of carbonyl (C=O) groups is 1.